The van der Waals surface area contributed by atoms with Gasteiger partial charge in [-0.1, -0.05) is 37.3 Å². The van der Waals surface area contributed by atoms with Gasteiger partial charge in [0.1, 0.15) is 0 Å². The van der Waals surface area contributed by atoms with E-state index in [4.69, 9.17) is 4.74 Å². The van der Waals surface area contributed by atoms with Crippen LogP contribution in [0, 0.1) is 0 Å². The molecule has 0 radical (unpaired) electrons. The molecule has 2 heterocycles. The summed E-state index contributed by atoms with van der Waals surface area (Å²) in [6.07, 6.45) is -0.125. The van der Waals surface area contributed by atoms with Gasteiger partial charge in [-0.15, -0.1) is 0 Å². The molecule has 1 N–H and O–H groups in total. The minimum absolute atomic E-state index is 0.0497. The Labute approximate surface area is 171 Å². The van der Waals surface area contributed by atoms with Gasteiger partial charge in [0.15, 0.2) is 17.6 Å². The van der Waals surface area contributed by atoms with E-state index in [0.29, 0.717) is 34.6 Å². The highest BCUT2D eigenvalue weighted by Crippen LogP contribution is 2.19. The lowest BCUT2D eigenvalue weighted by molar-refractivity contribution is 0.0312. The largest absolute Gasteiger partial charge is 0.450 e. The molecule has 4 aromatic rings. The first-order chi connectivity index (χ1) is 14.5. The first-order valence-electron chi connectivity index (χ1n) is 9.69. The summed E-state index contributed by atoms with van der Waals surface area (Å²) in [6, 6.07) is 13.7. The molecule has 0 saturated carbocycles. The lowest BCUT2D eigenvalue weighted by atomic mass is 10.1. The molecule has 0 bridgehead atoms. The Hall–Kier alpha value is -3.81. The van der Waals surface area contributed by atoms with Crippen LogP contribution in [0.5, 0.6) is 0 Å². The monoisotopic (exact) mass is 404 g/mol. The quantitative estimate of drug-likeness (QED) is 0.513. The highest BCUT2D eigenvalue weighted by molar-refractivity contribution is 6.02. The summed E-state index contributed by atoms with van der Waals surface area (Å²) in [5, 5.41) is 5.52. The van der Waals surface area contributed by atoms with Gasteiger partial charge >= 0.3 is 5.97 Å². The summed E-state index contributed by atoms with van der Waals surface area (Å²) in [5.74, 6) is -0.461. The standard InChI is InChI=1S/C22H20N4O4/c1-3-12-26-21(28)15-9-5-4-8-14(15)18(25-26)22(29)30-13(2)19-23-17-11-7-6-10-16(17)20(27)24-19/h4-11,13H,3,12H2,1-2H3,(H,23,24,27). The number of ether oxygens (including phenoxy) is 1. The van der Waals surface area contributed by atoms with Gasteiger partial charge in [0.25, 0.3) is 11.1 Å². The smallest absolute Gasteiger partial charge is 0.360 e. The van der Waals surface area contributed by atoms with Crippen molar-refractivity contribution in [2.24, 2.45) is 0 Å². The molecule has 0 fully saturated rings. The van der Waals surface area contributed by atoms with Gasteiger partial charge in [0, 0.05) is 11.9 Å². The summed E-state index contributed by atoms with van der Waals surface area (Å²) in [5.41, 5.74) is 0.00370. The molecule has 0 amide bonds. The fraction of sp³-hybridized carbons (Fsp3) is 0.227. The van der Waals surface area contributed by atoms with E-state index >= 15 is 0 Å². The molecule has 0 aliphatic rings. The Balaban J connectivity index is 1.72. The van der Waals surface area contributed by atoms with Crippen LogP contribution >= 0.6 is 0 Å². The van der Waals surface area contributed by atoms with Gasteiger partial charge < -0.3 is 9.72 Å². The summed E-state index contributed by atoms with van der Waals surface area (Å²) >= 11 is 0. The van der Waals surface area contributed by atoms with Crippen LogP contribution < -0.4 is 11.1 Å². The van der Waals surface area contributed by atoms with Gasteiger partial charge in [-0.25, -0.2) is 14.5 Å². The van der Waals surface area contributed by atoms with E-state index in [1.54, 1.807) is 55.5 Å². The molecule has 0 aliphatic heterocycles. The number of benzene rings is 2. The Kier molecular flexibility index (Phi) is 5.14. The summed E-state index contributed by atoms with van der Waals surface area (Å²) in [7, 11) is 0. The second kappa shape index (κ2) is 7.90. The lowest BCUT2D eigenvalue weighted by Crippen LogP contribution is -2.27. The third kappa shape index (κ3) is 3.47. The Morgan fingerprint density at radius 3 is 2.47 bits per heavy atom. The van der Waals surface area contributed by atoms with Gasteiger partial charge in [-0.3, -0.25) is 9.59 Å². The van der Waals surface area contributed by atoms with E-state index in [9.17, 15) is 14.4 Å². The second-order valence-electron chi connectivity index (χ2n) is 6.94. The number of carbonyl (C=O) groups is 1. The zero-order valence-corrected chi connectivity index (χ0v) is 16.6. The number of rotatable bonds is 5. The maximum absolute atomic E-state index is 12.9. The van der Waals surface area contributed by atoms with Crippen molar-refractivity contribution >= 4 is 27.6 Å². The molecule has 1 atom stereocenters. The predicted molar refractivity (Wildman–Crippen MR) is 112 cm³/mol. The topological polar surface area (TPSA) is 107 Å². The molecule has 0 aliphatic carbocycles. The number of esters is 1. The van der Waals surface area contributed by atoms with Crippen molar-refractivity contribution in [3.63, 3.8) is 0 Å². The Bertz CT molecular complexity index is 1370. The van der Waals surface area contributed by atoms with Crippen molar-refractivity contribution in [1.82, 2.24) is 19.7 Å². The number of nitrogens with zero attached hydrogens (tertiary/aromatic N) is 3. The number of fused-ring (bicyclic) bond motifs is 2. The lowest BCUT2D eigenvalue weighted by Gasteiger charge is -2.14. The first kappa shape index (κ1) is 19.5. The van der Waals surface area contributed by atoms with Crippen LogP contribution in [0.4, 0.5) is 0 Å². The predicted octanol–water partition coefficient (Wildman–Crippen LogP) is 2.96. The van der Waals surface area contributed by atoms with Crippen molar-refractivity contribution in [2.45, 2.75) is 32.9 Å². The number of aryl methyl sites for hydroxylation is 1. The van der Waals surface area contributed by atoms with Gasteiger partial charge in [-0.2, -0.15) is 5.10 Å². The van der Waals surface area contributed by atoms with Crippen LogP contribution in [0.1, 0.15) is 42.7 Å². The molecule has 2 aromatic carbocycles. The van der Waals surface area contributed by atoms with E-state index in [2.05, 4.69) is 15.1 Å². The number of hydrogen-bond acceptors (Lipinski definition) is 6. The van der Waals surface area contributed by atoms with E-state index in [0.717, 1.165) is 0 Å². The van der Waals surface area contributed by atoms with Crippen LogP contribution in [0.3, 0.4) is 0 Å². The molecular weight excluding hydrogens is 384 g/mol. The van der Waals surface area contributed by atoms with Crippen molar-refractivity contribution in [2.75, 3.05) is 0 Å². The van der Waals surface area contributed by atoms with Crippen LogP contribution in [0.25, 0.3) is 21.7 Å². The molecule has 152 valence electrons. The number of aromatic nitrogens is 4. The van der Waals surface area contributed by atoms with Gasteiger partial charge in [-0.05, 0) is 31.5 Å². The van der Waals surface area contributed by atoms with Crippen LogP contribution in [0.15, 0.2) is 58.1 Å². The Morgan fingerprint density at radius 2 is 1.73 bits per heavy atom. The van der Waals surface area contributed by atoms with Gasteiger partial charge in [0.2, 0.25) is 0 Å². The number of nitrogens with one attached hydrogen (secondary N) is 1. The van der Waals surface area contributed by atoms with E-state index in [1.165, 1.54) is 4.68 Å². The van der Waals surface area contributed by atoms with E-state index < -0.39 is 12.1 Å². The van der Waals surface area contributed by atoms with Gasteiger partial charge in [0.05, 0.1) is 16.3 Å². The maximum Gasteiger partial charge on any atom is 0.360 e. The number of aromatic amines is 1. The average molecular weight is 404 g/mol. The highest BCUT2D eigenvalue weighted by Gasteiger charge is 2.22. The second-order valence-corrected chi connectivity index (χ2v) is 6.94. The zero-order valence-electron chi connectivity index (χ0n) is 16.6. The van der Waals surface area contributed by atoms with Crippen LogP contribution in [-0.2, 0) is 11.3 Å². The number of H-pyrrole nitrogens is 1. The molecule has 30 heavy (non-hydrogen) atoms. The Morgan fingerprint density at radius 1 is 1.07 bits per heavy atom. The summed E-state index contributed by atoms with van der Waals surface area (Å²) in [4.78, 5) is 44.9. The van der Waals surface area contributed by atoms with Crippen molar-refractivity contribution < 1.29 is 9.53 Å². The third-order valence-electron chi connectivity index (χ3n) is 4.80. The molecule has 8 nitrogen and oxygen atoms in total. The SMILES string of the molecule is CCCn1nc(C(=O)OC(C)c2nc3ccccc3c(=O)[nH]2)c2ccccc2c1=O. The molecule has 0 saturated heterocycles. The van der Waals surface area contributed by atoms with Crippen LogP contribution in [0.2, 0.25) is 0 Å². The molecule has 1 unspecified atom stereocenters. The summed E-state index contributed by atoms with van der Waals surface area (Å²) < 4.78 is 6.84. The fourth-order valence-corrected chi connectivity index (χ4v) is 3.32. The molecule has 4 rings (SSSR count). The van der Waals surface area contributed by atoms with E-state index in [1.807, 2.05) is 6.92 Å². The zero-order chi connectivity index (χ0) is 21.3. The molecule has 8 heteroatoms. The third-order valence-corrected chi connectivity index (χ3v) is 4.80. The fourth-order valence-electron chi connectivity index (χ4n) is 3.32. The van der Waals surface area contributed by atoms with Crippen molar-refractivity contribution in [1.29, 1.82) is 0 Å². The van der Waals surface area contributed by atoms with Crippen molar-refractivity contribution in [3.8, 4) is 0 Å². The summed E-state index contributed by atoms with van der Waals surface area (Å²) in [6.45, 7) is 3.93. The number of para-hydroxylation sites is 1. The highest BCUT2D eigenvalue weighted by atomic mass is 16.5. The number of carbonyl (C=O) groups excluding carboxylic acids is 1. The maximum atomic E-state index is 12.9. The number of hydrogen-bond donors (Lipinski definition) is 1. The van der Waals surface area contributed by atoms with Crippen molar-refractivity contribution in [3.05, 3.63) is 80.8 Å². The average Bonchev–Trinajstić information content (AvgIpc) is 2.75. The minimum atomic E-state index is -0.818. The molecular formula is C22H20N4O4. The van der Waals surface area contributed by atoms with Crippen LogP contribution in [-0.4, -0.2) is 25.7 Å². The van der Waals surface area contributed by atoms with E-state index in [-0.39, 0.29) is 22.6 Å². The minimum Gasteiger partial charge on any atom is -0.450 e. The normalized spacial score (nSPS) is 12.2. The molecule has 0 spiro atoms. The first-order valence-corrected chi connectivity index (χ1v) is 9.69. The molecule has 2 aromatic heterocycles.